The van der Waals surface area contributed by atoms with Crippen LogP contribution in [0.5, 0.6) is 0 Å². The van der Waals surface area contributed by atoms with E-state index in [-0.39, 0.29) is 22.4 Å². The largest absolute Gasteiger partial charge is 0.451 e. The van der Waals surface area contributed by atoms with E-state index in [0.717, 1.165) is 31.5 Å². The third kappa shape index (κ3) is 5.10. The molecule has 164 valence electrons. The van der Waals surface area contributed by atoms with E-state index < -0.39 is 17.0 Å². The van der Waals surface area contributed by atoms with Gasteiger partial charge in [-0.1, -0.05) is 45.0 Å². The number of rotatable bonds is 6. The van der Waals surface area contributed by atoms with Crippen LogP contribution >= 0.6 is 0 Å². The predicted molar refractivity (Wildman–Crippen MR) is 119 cm³/mol. The van der Waals surface area contributed by atoms with Gasteiger partial charge in [-0.25, -0.2) is 4.79 Å². The summed E-state index contributed by atoms with van der Waals surface area (Å²) in [6.07, 6.45) is 0.958. The van der Waals surface area contributed by atoms with Crippen LogP contribution in [-0.4, -0.2) is 35.9 Å². The maximum Gasteiger partial charge on any atom is 0.339 e. The molecule has 3 rings (SSSR count). The van der Waals surface area contributed by atoms with Crippen LogP contribution in [0.1, 0.15) is 66.8 Å². The minimum Gasteiger partial charge on any atom is -0.451 e. The van der Waals surface area contributed by atoms with Crippen molar-refractivity contribution in [1.82, 2.24) is 0 Å². The topological polar surface area (TPSA) is 89.8 Å². The molecule has 0 saturated carbocycles. The summed E-state index contributed by atoms with van der Waals surface area (Å²) in [4.78, 5) is 38.3. The molecule has 1 heterocycles. The summed E-state index contributed by atoms with van der Waals surface area (Å²) in [7, 11) is 0. The van der Waals surface area contributed by atoms with E-state index in [0.29, 0.717) is 11.3 Å². The Morgan fingerprint density at radius 2 is 1.61 bits per heavy atom. The quantitative estimate of drug-likeness (QED) is 0.283. The van der Waals surface area contributed by atoms with E-state index in [1.165, 1.54) is 19.1 Å². The minimum atomic E-state index is -1.01. The van der Waals surface area contributed by atoms with Crippen molar-refractivity contribution in [3.63, 3.8) is 0 Å². The molecule has 2 aromatic rings. The molecule has 1 fully saturated rings. The van der Waals surface area contributed by atoms with Crippen molar-refractivity contribution in [2.75, 3.05) is 18.0 Å². The van der Waals surface area contributed by atoms with Crippen molar-refractivity contribution in [1.29, 1.82) is 0 Å². The first-order valence-corrected chi connectivity index (χ1v) is 10.5. The monoisotopic (exact) mass is 424 g/mol. The molecule has 7 heteroatoms. The Morgan fingerprint density at radius 3 is 2.16 bits per heavy atom. The second-order valence-electron chi connectivity index (χ2n) is 8.89. The molecule has 0 amide bonds. The first-order valence-electron chi connectivity index (χ1n) is 10.5. The zero-order chi connectivity index (χ0) is 22.8. The SMILES string of the molecule is C[C@@H](OC(=O)c1ccc(N2CCCC2)c([N+](=O)[O-])c1)C(=O)c1ccc(C(C)(C)C)cc1. The number of hydrogen-bond donors (Lipinski definition) is 0. The highest BCUT2D eigenvalue weighted by Gasteiger charge is 2.26. The van der Waals surface area contributed by atoms with Crippen LogP contribution < -0.4 is 4.90 Å². The number of carbonyl (C=O) groups is 2. The van der Waals surface area contributed by atoms with Crippen LogP contribution in [-0.2, 0) is 10.2 Å². The molecule has 31 heavy (non-hydrogen) atoms. The fraction of sp³-hybridized carbons (Fsp3) is 0.417. The summed E-state index contributed by atoms with van der Waals surface area (Å²) in [6.45, 7) is 9.27. The van der Waals surface area contributed by atoms with Crippen molar-refractivity contribution in [3.8, 4) is 0 Å². The summed E-state index contributed by atoms with van der Waals surface area (Å²) >= 11 is 0. The van der Waals surface area contributed by atoms with Crippen LogP contribution in [0, 0.1) is 10.1 Å². The van der Waals surface area contributed by atoms with Gasteiger partial charge in [0.1, 0.15) is 5.69 Å². The summed E-state index contributed by atoms with van der Waals surface area (Å²) in [5.41, 5.74) is 1.94. The normalized spacial score (nSPS) is 14.9. The van der Waals surface area contributed by atoms with Crippen LogP contribution in [0.2, 0.25) is 0 Å². The van der Waals surface area contributed by atoms with Gasteiger partial charge in [0.2, 0.25) is 5.78 Å². The maximum atomic E-state index is 12.7. The second-order valence-corrected chi connectivity index (χ2v) is 8.89. The number of Topliss-reactive ketones (excluding diaryl/α,β-unsaturated/α-hetero) is 1. The molecule has 0 aliphatic carbocycles. The Hall–Kier alpha value is -3.22. The van der Waals surface area contributed by atoms with Gasteiger partial charge in [-0.2, -0.15) is 0 Å². The molecule has 1 aliphatic rings. The summed E-state index contributed by atoms with van der Waals surface area (Å²) < 4.78 is 5.33. The Kier molecular flexibility index (Phi) is 6.43. The van der Waals surface area contributed by atoms with Gasteiger partial charge in [-0.05, 0) is 42.9 Å². The summed E-state index contributed by atoms with van der Waals surface area (Å²) in [5.74, 6) is -1.08. The zero-order valence-electron chi connectivity index (χ0n) is 18.4. The molecule has 7 nitrogen and oxygen atoms in total. The summed E-state index contributed by atoms with van der Waals surface area (Å²) in [6, 6.07) is 11.6. The van der Waals surface area contributed by atoms with Crippen LogP contribution in [0.3, 0.4) is 0 Å². The average Bonchev–Trinajstić information content (AvgIpc) is 3.26. The van der Waals surface area contributed by atoms with Crippen LogP contribution in [0.25, 0.3) is 0 Å². The number of anilines is 1. The Bertz CT molecular complexity index is 986. The fourth-order valence-electron chi connectivity index (χ4n) is 3.67. The van der Waals surface area contributed by atoms with E-state index in [2.05, 4.69) is 20.8 Å². The van der Waals surface area contributed by atoms with E-state index in [1.54, 1.807) is 18.2 Å². The van der Waals surface area contributed by atoms with E-state index in [4.69, 9.17) is 4.74 Å². The molecular weight excluding hydrogens is 396 g/mol. The zero-order valence-corrected chi connectivity index (χ0v) is 18.4. The van der Waals surface area contributed by atoms with E-state index in [1.807, 2.05) is 17.0 Å². The number of hydrogen-bond acceptors (Lipinski definition) is 6. The van der Waals surface area contributed by atoms with Gasteiger partial charge in [0.25, 0.3) is 5.69 Å². The molecule has 1 atom stereocenters. The van der Waals surface area contributed by atoms with Gasteiger partial charge < -0.3 is 9.64 Å². The summed E-state index contributed by atoms with van der Waals surface area (Å²) in [5, 5.41) is 11.5. The van der Waals surface area contributed by atoms with Gasteiger partial charge in [-0.15, -0.1) is 0 Å². The lowest BCUT2D eigenvalue weighted by molar-refractivity contribution is -0.384. The maximum absolute atomic E-state index is 12.7. The van der Waals surface area contributed by atoms with E-state index in [9.17, 15) is 19.7 Å². The lowest BCUT2D eigenvalue weighted by atomic mass is 9.86. The highest BCUT2D eigenvalue weighted by molar-refractivity contribution is 6.01. The van der Waals surface area contributed by atoms with Crippen molar-refractivity contribution in [3.05, 3.63) is 69.3 Å². The first-order chi connectivity index (χ1) is 14.6. The van der Waals surface area contributed by atoms with Gasteiger partial charge in [0, 0.05) is 24.7 Å². The number of nitrogens with zero attached hydrogens (tertiary/aromatic N) is 2. The van der Waals surface area contributed by atoms with E-state index >= 15 is 0 Å². The smallest absolute Gasteiger partial charge is 0.339 e. The fourth-order valence-corrected chi connectivity index (χ4v) is 3.67. The first kappa shape index (κ1) is 22.5. The van der Waals surface area contributed by atoms with Crippen molar-refractivity contribution >= 4 is 23.1 Å². The van der Waals surface area contributed by atoms with Crippen LogP contribution in [0.4, 0.5) is 11.4 Å². The predicted octanol–water partition coefficient (Wildman–Crippen LogP) is 4.92. The van der Waals surface area contributed by atoms with Crippen molar-refractivity contribution < 1.29 is 19.2 Å². The minimum absolute atomic E-state index is 0.0321. The number of nitro benzene ring substituents is 1. The number of ketones is 1. The number of ether oxygens (including phenoxy) is 1. The van der Waals surface area contributed by atoms with Crippen molar-refractivity contribution in [2.24, 2.45) is 0 Å². The van der Waals surface area contributed by atoms with Gasteiger partial charge in [0.15, 0.2) is 6.10 Å². The lowest BCUT2D eigenvalue weighted by Gasteiger charge is -2.19. The number of nitro groups is 1. The second kappa shape index (κ2) is 8.88. The molecule has 0 spiro atoms. The molecule has 0 bridgehead atoms. The average molecular weight is 424 g/mol. The number of esters is 1. The van der Waals surface area contributed by atoms with Crippen LogP contribution in [0.15, 0.2) is 42.5 Å². The van der Waals surface area contributed by atoms with Crippen molar-refractivity contribution in [2.45, 2.75) is 52.1 Å². The third-order valence-corrected chi connectivity index (χ3v) is 5.54. The molecule has 1 saturated heterocycles. The molecule has 1 aliphatic heterocycles. The lowest BCUT2D eigenvalue weighted by Crippen LogP contribution is -2.25. The Balaban J connectivity index is 1.73. The Labute approximate surface area is 182 Å². The third-order valence-electron chi connectivity index (χ3n) is 5.54. The highest BCUT2D eigenvalue weighted by Crippen LogP contribution is 2.32. The number of carbonyl (C=O) groups excluding carboxylic acids is 2. The molecule has 0 aromatic heterocycles. The molecule has 0 N–H and O–H groups in total. The van der Waals surface area contributed by atoms with Gasteiger partial charge in [-0.3, -0.25) is 14.9 Å². The molecular formula is C24H28N2O5. The standard InChI is InChI=1S/C24H28N2O5/c1-16(22(27)17-7-10-19(11-8-17)24(2,3)4)31-23(28)18-9-12-20(21(15-18)26(29)30)25-13-5-6-14-25/h7-12,15-16H,5-6,13-14H2,1-4H3/t16-/m1/s1. The molecule has 0 radical (unpaired) electrons. The molecule has 0 unspecified atom stereocenters. The van der Waals surface area contributed by atoms with Gasteiger partial charge >= 0.3 is 5.97 Å². The highest BCUT2D eigenvalue weighted by atomic mass is 16.6. The Morgan fingerprint density at radius 1 is 1.03 bits per heavy atom. The van der Waals surface area contributed by atoms with Gasteiger partial charge in [0.05, 0.1) is 10.5 Å². The number of benzene rings is 2. The molecule has 2 aromatic carbocycles.